The number of aromatic nitrogens is 4. The van der Waals surface area contributed by atoms with E-state index in [-0.39, 0.29) is 0 Å². The topological polar surface area (TPSA) is 58.0 Å². The molecule has 8 rings (SSSR count). The van der Waals surface area contributed by atoms with Crippen molar-refractivity contribution in [3.05, 3.63) is 206 Å². The molecule has 52 heavy (non-hydrogen) atoms. The van der Waals surface area contributed by atoms with Crippen LogP contribution in [0.1, 0.15) is 11.1 Å². The first kappa shape index (κ1) is 32.0. The first-order valence-corrected chi connectivity index (χ1v) is 17.1. The molecule has 0 bridgehead atoms. The Balaban J connectivity index is 0.938. The third-order valence-electron chi connectivity index (χ3n) is 8.82. The zero-order valence-corrected chi connectivity index (χ0v) is 28.3. The van der Waals surface area contributed by atoms with Gasteiger partial charge in [-0.15, -0.1) is 0 Å². The molecule has 0 atom stereocenters. The predicted molar refractivity (Wildman–Crippen MR) is 213 cm³/mol. The van der Waals surface area contributed by atoms with Crippen molar-refractivity contribution in [1.29, 1.82) is 0 Å². The molecule has 0 radical (unpaired) electrons. The highest BCUT2D eigenvalue weighted by molar-refractivity contribution is 5.80. The average Bonchev–Trinajstić information content (AvgIpc) is 3.23. The quantitative estimate of drug-likeness (QED) is 0.135. The maximum atomic E-state index is 4.33. The van der Waals surface area contributed by atoms with Crippen molar-refractivity contribution in [2.24, 2.45) is 0 Å². The lowest BCUT2D eigenvalue weighted by molar-refractivity contribution is 1.20. The fourth-order valence-electron chi connectivity index (χ4n) is 6.21. The first-order chi connectivity index (χ1) is 25.8. The van der Waals surface area contributed by atoms with Gasteiger partial charge in [0.05, 0.1) is 47.5 Å². The van der Waals surface area contributed by atoms with Crippen LogP contribution < -0.4 is 9.80 Å². The van der Waals surface area contributed by atoms with E-state index in [1.807, 2.05) is 49.1 Å². The summed E-state index contributed by atoms with van der Waals surface area (Å²) in [6.07, 6.45) is 18.9. The van der Waals surface area contributed by atoms with E-state index in [2.05, 4.69) is 163 Å². The van der Waals surface area contributed by atoms with Gasteiger partial charge in [-0.05, 0) is 106 Å². The predicted octanol–water partition coefficient (Wildman–Crippen LogP) is 11.7. The summed E-state index contributed by atoms with van der Waals surface area (Å²) < 4.78 is 0. The molecule has 6 nitrogen and oxygen atoms in total. The van der Waals surface area contributed by atoms with Crippen LogP contribution in [0.25, 0.3) is 34.4 Å². The van der Waals surface area contributed by atoms with Crippen LogP contribution in [-0.4, -0.2) is 19.9 Å². The maximum Gasteiger partial charge on any atom is 0.0645 e. The van der Waals surface area contributed by atoms with Crippen molar-refractivity contribution in [2.75, 3.05) is 9.80 Å². The number of hydrogen-bond donors (Lipinski definition) is 0. The van der Waals surface area contributed by atoms with Gasteiger partial charge in [0.25, 0.3) is 0 Å². The molecule has 8 aromatic rings. The summed E-state index contributed by atoms with van der Waals surface area (Å²) in [4.78, 5) is 21.6. The Labute approximate surface area is 303 Å². The van der Waals surface area contributed by atoms with Gasteiger partial charge in [-0.1, -0.05) is 84.9 Å². The van der Waals surface area contributed by atoms with Gasteiger partial charge in [-0.3, -0.25) is 19.9 Å². The van der Waals surface area contributed by atoms with Crippen LogP contribution >= 0.6 is 0 Å². The van der Waals surface area contributed by atoms with Gasteiger partial charge in [-0.25, -0.2) is 0 Å². The summed E-state index contributed by atoms with van der Waals surface area (Å²) in [7, 11) is 0. The van der Waals surface area contributed by atoms with Crippen LogP contribution in [0.2, 0.25) is 0 Å². The van der Waals surface area contributed by atoms with Crippen LogP contribution in [0.5, 0.6) is 0 Å². The van der Waals surface area contributed by atoms with Gasteiger partial charge < -0.3 is 9.80 Å². The molecule has 0 saturated carbocycles. The number of rotatable bonds is 10. The van der Waals surface area contributed by atoms with Crippen LogP contribution in [0.15, 0.2) is 195 Å². The lowest BCUT2D eigenvalue weighted by atomic mass is 10.0. The second-order valence-corrected chi connectivity index (χ2v) is 12.2. The highest BCUT2D eigenvalue weighted by Crippen LogP contribution is 2.36. The second-order valence-electron chi connectivity index (χ2n) is 12.2. The van der Waals surface area contributed by atoms with Gasteiger partial charge >= 0.3 is 0 Å². The Kier molecular flexibility index (Phi) is 9.34. The van der Waals surface area contributed by atoms with E-state index in [1.54, 1.807) is 24.8 Å². The molecule has 0 aliphatic rings. The molecule has 0 spiro atoms. The van der Waals surface area contributed by atoms with Gasteiger partial charge in [0.1, 0.15) is 0 Å². The smallest absolute Gasteiger partial charge is 0.0645 e. The fourth-order valence-corrected chi connectivity index (χ4v) is 6.21. The molecule has 0 saturated heterocycles. The van der Waals surface area contributed by atoms with Crippen molar-refractivity contribution < 1.29 is 0 Å². The molecule has 0 aliphatic carbocycles. The molecule has 0 amide bonds. The highest BCUT2D eigenvalue weighted by atomic mass is 15.2. The maximum absolute atomic E-state index is 4.33. The van der Waals surface area contributed by atoms with Crippen molar-refractivity contribution in [1.82, 2.24) is 19.9 Å². The first-order valence-electron chi connectivity index (χ1n) is 17.1. The molecule has 4 heterocycles. The summed E-state index contributed by atoms with van der Waals surface area (Å²) in [5, 5.41) is 0. The Morgan fingerprint density at radius 3 is 0.808 bits per heavy atom. The average molecular weight is 671 g/mol. The Morgan fingerprint density at radius 2 is 0.558 bits per heavy atom. The molecule has 0 fully saturated rings. The highest BCUT2D eigenvalue weighted by Gasteiger charge is 2.14. The monoisotopic (exact) mass is 670 g/mol. The Bertz CT molecular complexity index is 2100. The Morgan fingerprint density at radius 1 is 0.288 bits per heavy atom. The van der Waals surface area contributed by atoms with Crippen molar-refractivity contribution in [3.8, 4) is 22.3 Å². The lowest BCUT2D eigenvalue weighted by Crippen LogP contribution is -2.10. The molecule has 4 aromatic heterocycles. The number of anilines is 6. The summed E-state index contributed by atoms with van der Waals surface area (Å²) in [5.41, 5.74) is 12.9. The summed E-state index contributed by atoms with van der Waals surface area (Å²) in [5.74, 6) is 0. The molecule has 6 heteroatoms. The summed E-state index contributed by atoms with van der Waals surface area (Å²) in [6.45, 7) is 0. The van der Waals surface area contributed by atoms with E-state index >= 15 is 0 Å². The number of benzene rings is 4. The summed E-state index contributed by atoms with van der Waals surface area (Å²) in [6, 6.07) is 50.5. The van der Waals surface area contributed by atoms with E-state index in [9.17, 15) is 0 Å². The second kappa shape index (κ2) is 15.2. The van der Waals surface area contributed by atoms with E-state index in [0.29, 0.717) is 0 Å². The zero-order valence-electron chi connectivity index (χ0n) is 28.3. The van der Waals surface area contributed by atoms with Crippen molar-refractivity contribution >= 4 is 46.3 Å². The third kappa shape index (κ3) is 7.22. The summed E-state index contributed by atoms with van der Waals surface area (Å²) >= 11 is 0. The van der Waals surface area contributed by atoms with E-state index in [4.69, 9.17) is 0 Å². The van der Waals surface area contributed by atoms with E-state index in [0.717, 1.165) is 67.5 Å². The number of hydrogen-bond acceptors (Lipinski definition) is 6. The van der Waals surface area contributed by atoms with Gasteiger partial charge in [0, 0.05) is 36.2 Å². The largest absolute Gasteiger partial charge is 0.307 e. The number of pyridine rings is 4. The Hall–Kier alpha value is -7.18. The van der Waals surface area contributed by atoms with Gasteiger partial charge in [0.2, 0.25) is 0 Å². The third-order valence-corrected chi connectivity index (χ3v) is 8.82. The van der Waals surface area contributed by atoms with E-state index < -0.39 is 0 Å². The van der Waals surface area contributed by atoms with E-state index in [1.165, 1.54) is 0 Å². The van der Waals surface area contributed by atoms with Crippen LogP contribution in [0.3, 0.4) is 0 Å². The zero-order chi connectivity index (χ0) is 35.0. The normalized spacial score (nSPS) is 11.0. The fraction of sp³-hybridized carbons (Fsp3) is 0. The van der Waals surface area contributed by atoms with Crippen LogP contribution in [-0.2, 0) is 0 Å². The van der Waals surface area contributed by atoms with Crippen LogP contribution in [0, 0.1) is 0 Å². The lowest BCUT2D eigenvalue weighted by Gasteiger charge is -2.24. The van der Waals surface area contributed by atoms with Crippen LogP contribution in [0.4, 0.5) is 34.1 Å². The minimum Gasteiger partial charge on any atom is -0.307 e. The minimum absolute atomic E-state index is 0.981. The molecule has 4 aromatic carbocycles. The van der Waals surface area contributed by atoms with Crippen molar-refractivity contribution in [3.63, 3.8) is 0 Å². The SMILES string of the molecule is C(=C\c1ccc(-c2ccc(N(c3cccnc3)c3cccnc3)cc2)cc1)/c1ccc(-c2ccc(N(c3cccnc3)c3cccnc3)cc2)cc1. The molecule has 248 valence electrons. The standard InChI is InChI=1S/C46H34N6/c1-5-43(31-47-27-1)51(44-6-2-28-48-32-44)41-23-19-39(20-24-41)37-15-11-35(12-16-37)9-10-36-13-17-38(18-14-36)40-21-25-42(26-22-40)52(45-7-3-29-49-33-45)46-8-4-30-50-34-46/h1-34H/b10-9+. The molecule has 0 unspecified atom stereocenters. The van der Waals surface area contributed by atoms with Gasteiger partial charge in [-0.2, -0.15) is 0 Å². The molecular weight excluding hydrogens is 637 g/mol. The molecule has 0 N–H and O–H groups in total. The van der Waals surface area contributed by atoms with Gasteiger partial charge in [0.15, 0.2) is 0 Å². The minimum atomic E-state index is 0.981. The number of nitrogens with zero attached hydrogens (tertiary/aromatic N) is 6. The molecule has 0 aliphatic heterocycles. The molecular formula is C46H34N6. The van der Waals surface area contributed by atoms with Crippen molar-refractivity contribution in [2.45, 2.75) is 0 Å².